The van der Waals surface area contributed by atoms with E-state index in [1.54, 1.807) is 24.3 Å². The SMILES string of the molecule is COC(=O)c1cccc(-n2c(C)cc(/C=C3\NC(=O)N(Cc4ccc(C(=O)OC)o4)C3=O)c2C)c1. The summed E-state index contributed by atoms with van der Waals surface area (Å²) in [5.41, 5.74) is 3.69. The summed E-state index contributed by atoms with van der Waals surface area (Å²) in [6.07, 6.45) is 1.60. The van der Waals surface area contributed by atoms with Gasteiger partial charge in [-0.2, -0.15) is 0 Å². The molecule has 3 amide bonds. The van der Waals surface area contributed by atoms with Gasteiger partial charge in [0.2, 0.25) is 5.76 Å². The maximum Gasteiger partial charge on any atom is 0.373 e. The Labute approximate surface area is 200 Å². The second-order valence-corrected chi connectivity index (χ2v) is 7.84. The van der Waals surface area contributed by atoms with Gasteiger partial charge in [-0.15, -0.1) is 0 Å². The minimum absolute atomic E-state index is 0.0194. The number of nitrogens with one attached hydrogen (secondary N) is 1. The third kappa shape index (κ3) is 4.45. The van der Waals surface area contributed by atoms with E-state index in [4.69, 9.17) is 9.15 Å². The number of hydrogen-bond donors (Lipinski definition) is 1. The van der Waals surface area contributed by atoms with Crippen LogP contribution < -0.4 is 5.32 Å². The maximum absolute atomic E-state index is 12.9. The molecule has 4 rings (SSSR count). The Bertz CT molecular complexity index is 1380. The van der Waals surface area contributed by atoms with Crippen molar-refractivity contribution in [2.24, 2.45) is 0 Å². The number of carbonyl (C=O) groups is 4. The Morgan fingerprint density at radius 3 is 2.49 bits per heavy atom. The molecule has 0 bridgehead atoms. The fraction of sp³-hybridized carbons (Fsp3) is 0.200. The van der Waals surface area contributed by atoms with Crippen LogP contribution in [0.15, 0.2) is 52.6 Å². The molecule has 10 heteroatoms. The van der Waals surface area contributed by atoms with E-state index in [0.717, 1.165) is 27.5 Å². The number of hydrogen-bond acceptors (Lipinski definition) is 7. The van der Waals surface area contributed by atoms with E-state index in [1.165, 1.54) is 26.4 Å². The number of benzene rings is 1. The lowest BCUT2D eigenvalue weighted by Crippen LogP contribution is -2.30. The van der Waals surface area contributed by atoms with Crippen LogP contribution in [-0.4, -0.2) is 47.6 Å². The van der Waals surface area contributed by atoms with E-state index in [0.29, 0.717) is 5.56 Å². The van der Waals surface area contributed by atoms with Crippen molar-refractivity contribution >= 4 is 30.0 Å². The van der Waals surface area contributed by atoms with E-state index >= 15 is 0 Å². The lowest BCUT2D eigenvalue weighted by molar-refractivity contribution is -0.123. The molecule has 1 saturated heterocycles. The average molecular weight is 477 g/mol. The Hall–Kier alpha value is -4.60. The van der Waals surface area contributed by atoms with Gasteiger partial charge < -0.3 is 23.8 Å². The van der Waals surface area contributed by atoms with Gasteiger partial charge in [0.1, 0.15) is 11.5 Å². The minimum Gasteiger partial charge on any atom is -0.465 e. The molecular weight excluding hydrogens is 454 g/mol. The fourth-order valence-electron chi connectivity index (χ4n) is 3.92. The smallest absolute Gasteiger partial charge is 0.373 e. The number of aryl methyl sites for hydroxylation is 1. The number of esters is 2. The first-order valence-corrected chi connectivity index (χ1v) is 10.6. The highest BCUT2D eigenvalue weighted by molar-refractivity contribution is 6.14. The molecule has 0 unspecified atom stereocenters. The molecule has 1 aliphatic rings. The van der Waals surface area contributed by atoms with Crippen LogP contribution in [-0.2, 0) is 20.8 Å². The third-order valence-corrected chi connectivity index (χ3v) is 5.62. The number of imide groups is 1. The Balaban J connectivity index is 1.59. The molecule has 0 radical (unpaired) electrons. The highest BCUT2D eigenvalue weighted by Crippen LogP contribution is 2.25. The zero-order valence-electron chi connectivity index (χ0n) is 19.6. The van der Waals surface area contributed by atoms with Gasteiger partial charge in [-0.3, -0.25) is 9.69 Å². The maximum atomic E-state index is 12.9. The van der Waals surface area contributed by atoms with Crippen molar-refractivity contribution in [3.63, 3.8) is 0 Å². The molecule has 3 heterocycles. The summed E-state index contributed by atoms with van der Waals surface area (Å²) in [7, 11) is 2.55. The van der Waals surface area contributed by atoms with Gasteiger partial charge in [0.05, 0.1) is 26.3 Å². The third-order valence-electron chi connectivity index (χ3n) is 5.62. The zero-order valence-corrected chi connectivity index (χ0v) is 19.6. The van der Waals surface area contributed by atoms with E-state index in [1.807, 2.05) is 30.5 Å². The van der Waals surface area contributed by atoms with Crippen molar-refractivity contribution in [2.45, 2.75) is 20.4 Å². The molecule has 2 aromatic heterocycles. The van der Waals surface area contributed by atoms with Crippen LogP contribution in [0.4, 0.5) is 4.79 Å². The van der Waals surface area contributed by atoms with E-state index in [-0.39, 0.29) is 23.8 Å². The van der Waals surface area contributed by atoms with Crippen LogP contribution in [0.2, 0.25) is 0 Å². The lowest BCUT2D eigenvalue weighted by Gasteiger charge is -2.11. The highest BCUT2D eigenvalue weighted by atomic mass is 16.5. The number of methoxy groups -OCH3 is 2. The van der Waals surface area contributed by atoms with Crippen LogP contribution in [0.3, 0.4) is 0 Å². The zero-order chi connectivity index (χ0) is 25.3. The summed E-state index contributed by atoms with van der Waals surface area (Å²) in [5.74, 6) is -1.37. The van der Waals surface area contributed by atoms with Crippen molar-refractivity contribution in [1.29, 1.82) is 0 Å². The molecule has 180 valence electrons. The number of furan rings is 1. The predicted octanol–water partition coefficient (Wildman–Crippen LogP) is 3.35. The number of carbonyl (C=O) groups excluding carboxylic acids is 4. The molecule has 1 fully saturated rings. The summed E-state index contributed by atoms with van der Waals surface area (Å²) in [6.45, 7) is 3.63. The Morgan fingerprint density at radius 1 is 1.03 bits per heavy atom. The van der Waals surface area contributed by atoms with Gasteiger partial charge in [0.15, 0.2) is 0 Å². The summed E-state index contributed by atoms with van der Waals surface area (Å²) in [5, 5.41) is 2.59. The molecule has 10 nitrogen and oxygen atoms in total. The second-order valence-electron chi connectivity index (χ2n) is 7.84. The summed E-state index contributed by atoms with van der Waals surface area (Å²) < 4.78 is 16.7. The van der Waals surface area contributed by atoms with E-state index in [9.17, 15) is 19.2 Å². The van der Waals surface area contributed by atoms with Crippen molar-refractivity contribution in [1.82, 2.24) is 14.8 Å². The molecule has 0 atom stereocenters. The standard InChI is InChI=1S/C25H23N3O7/c1-14-10-17(15(2)28(14)18-7-5-6-16(11-18)23(30)33-3)12-20-22(29)27(25(32)26-20)13-19-8-9-21(35-19)24(31)34-4/h5-12H,13H2,1-4H3,(H,26,32)/b20-12-. The largest absolute Gasteiger partial charge is 0.465 e. The number of nitrogens with zero attached hydrogens (tertiary/aromatic N) is 2. The van der Waals surface area contributed by atoms with Gasteiger partial charge in [-0.05, 0) is 61.9 Å². The van der Waals surface area contributed by atoms with Crippen LogP contribution in [0.1, 0.15) is 43.6 Å². The van der Waals surface area contributed by atoms with Gasteiger partial charge in [0.25, 0.3) is 5.91 Å². The normalized spacial score (nSPS) is 14.4. The average Bonchev–Trinajstić information content (AvgIpc) is 3.51. The van der Waals surface area contributed by atoms with E-state index in [2.05, 4.69) is 10.1 Å². The van der Waals surface area contributed by atoms with E-state index < -0.39 is 23.9 Å². The molecule has 1 aliphatic heterocycles. The molecule has 3 aromatic rings. The fourth-order valence-corrected chi connectivity index (χ4v) is 3.92. The minimum atomic E-state index is -0.651. The number of urea groups is 1. The van der Waals surface area contributed by atoms with Crippen LogP contribution in [0.5, 0.6) is 0 Å². The van der Waals surface area contributed by atoms with Crippen molar-refractivity contribution in [2.75, 3.05) is 14.2 Å². The predicted molar refractivity (Wildman–Crippen MR) is 124 cm³/mol. The van der Waals surface area contributed by atoms with Gasteiger partial charge in [-0.1, -0.05) is 6.07 Å². The topological polar surface area (TPSA) is 120 Å². The quantitative estimate of drug-likeness (QED) is 0.328. The van der Waals surface area contributed by atoms with Gasteiger partial charge in [0, 0.05) is 17.1 Å². The Kier molecular flexibility index (Phi) is 6.28. The Morgan fingerprint density at radius 2 is 1.77 bits per heavy atom. The highest BCUT2D eigenvalue weighted by Gasteiger charge is 2.34. The summed E-state index contributed by atoms with van der Waals surface area (Å²) in [6, 6.07) is 11.2. The summed E-state index contributed by atoms with van der Waals surface area (Å²) >= 11 is 0. The second kappa shape index (κ2) is 9.34. The molecule has 0 spiro atoms. The van der Waals surface area contributed by atoms with Gasteiger partial charge in [-0.25, -0.2) is 14.4 Å². The number of aromatic nitrogens is 1. The number of rotatable bonds is 6. The lowest BCUT2D eigenvalue weighted by atomic mass is 10.2. The van der Waals surface area contributed by atoms with Crippen molar-refractivity contribution in [3.05, 3.63) is 82.2 Å². The first kappa shape index (κ1) is 23.6. The number of amides is 3. The van der Waals surface area contributed by atoms with Crippen molar-refractivity contribution in [3.8, 4) is 5.69 Å². The molecule has 0 saturated carbocycles. The van der Waals surface area contributed by atoms with Crippen LogP contribution >= 0.6 is 0 Å². The molecule has 35 heavy (non-hydrogen) atoms. The first-order valence-electron chi connectivity index (χ1n) is 10.6. The molecule has 1 N–H and O–H groups in total. The monoisotopic (exact) mass is 477 g/mol. The molecule has 1 aromatic carbocycles. The van der Waals surface area contributed by atoms with Crippen LogP contribution in [0, 0.1) is 13.8 Å². The first-order chi connectivity index (χ1) is 16.7. The molecular formula is C25H23N3O7. The van der Waals surface area contributed by atoms with Gasteiger partial charge >= 0.3 is 18.0 Å². The number of ether oxygens (including phenoxy) is 2. The molecule has 0 aliphatic carbocycles. The van der Waals surface area contributed by atoms with Crippen molar-refractivity contribution < 1.29 is 33.1 Å². The summed E-state index contributed by atoms with van der Waals surface area (Å²) in [4.78, 5) is 49.9. The van der Waals surface area contributed by atoms with Crippen LogP contribution in [0.25, 0.3) is 11.8 Å².